The fraction of sp³-hybridized carbons (Fsp3) is 0.0909. The van der Waals surface area contributed by atoms with Gasteiger partial charge in [-0.15, -0.1) is 11.3 Å². The van der Waals surface area contributed by atoms with Gasteiger partial charge < -0.3 is 5.73 Å². The van der Waals surface area contributed by atoms with Crippen LogP contribution in [-0.4, -0.2) is 8.42 Å². The molecule has 2 N–H and O–H groups in total. The number of benzene rings is 1. The molecule has 0 radical (unpaired) electrons. The van der Waals surface area contributed by atoms with Gasteiger partial charge in [-0.2, -0.15) is 0 Å². The maximum atomic E-state index is 12.1. The first-order valence-corrected chi connectivity index (χ1v) is 8.11. The third kappa shape index (κ3) is 3.08. The highest BCUT2D eigenvalue weighted by atomic mass is 79.9. The van der Waals surface area contributed by atoms with Gasteiger partial charge in [0.05, 0.1) is 10.6 Å². The number of sulfone groups is 1. The van der Waals surface area contributed by atoms with E-state index in [9.17, 15) is 8.42 Å². The smallest absolute Gasteiger partial charge is 0.183 e. The predicted molar refractivity (Wildman–Crippen MR) is 73.8 cm³/mol. The third-order valence-corrected chi connectivity index (χ3v) is 5.76. The molecule has 0 saturated heterocycles. The number of nitrogens with two attached hydrogens (primary N) is 1. The van der Waals surface area contributed by atoms with E-state index in [-0.39, 0.29) is 5.75 Å². The van der Waals surface area contributed by atoms with Crippen molar-refractivity contribution in [3.8, 4) is 0 Å². The van der Waals surface area contributed by atoms with Crippen molar-refractivity contribution < 1.29 is 8.42 Å². The second-order valence-electron chi connectivity index (χ2n) is 3.56. The quantitative estimate of drug-likeness (QED) is 0.879. The van der Waals surface area contributed by atoms with Crippen LogP contribution in [-0.2, 0) is 15.6 Å². The Hall–Kier alpha value is -0.850. The van der Waals surface area contributed by atoms with E-state index in [4.69, 9.17) is 5.73 Å². The molecular formula is C11H10BrNO2S2. The van der Waals surface area contributed by atoms with Crippen LogP contribution in [0.25, 0.3) is 0 Å². The lowest BCUT2D eigenvalue weighted by Crippen LogP contribution is -2.03. The molecule has 0 aliphatic carbocycles. The molecule has 0 amide bonds. The Morgan fingerprint density at radius 2 is 1.88 bits per heavy atom. The number of anilines is 1. The van der Waals surface area contributed by atoms with Crippen LogP contribution in [0, 0.1) is 0 Å². The van der Waals surface area contributed by atoms with Gasteiger partial charge in [-0.1, -0.05) is 0 Å². The van der Waals surface area contributed by atoms with E-state index < -0.39 is 9.84 Å². The van der Waals surface area contributed by atoms with Gasteiger partial charge in [-0.05, 0) is 46.3 Å². The Kier molecular flexibility index (Phi) is 3.56. The summed E-state index contributed by atoms with van der Waals surface area (Å²) in [6.45, 7) is 0. The van der Waals surface area contributed by atoms with E-state index in [2.05, 4.69) is 15.9 Å². The molecule has 1 aromatic carbocycles. The number of hydrogen-bond donors (Lipinski definition) is 1. The lowest BCUT2D eigenvalue weighted by molar-refractivity contribution is 0.595. The molecule has 0 fully saturated rings. The summed E-state index contributed by atoms with van der Waals surface area (Å²) in [6.07, 6.45) is 0. The molecule has 2 aromatic rings. The van der Waals surface area contributed by atoms with Gasteiger partial charge in [0.1, 0.15) is 0 Å². The van der Waals surface area contributed by atoms with Gasteiger partial charge in [0.2, 0.25) is 0 Å². The highest BCUT2D eigenvalue weighted by molar-refractivity contribution is 9.10. The second kappa shape index (κ2) is 4.80. The SMILES string of the molecule is Nc1ccc(S(=O)(=O)Cc2cc(Br)cs2)cc1. The van der Waals surface area contributed by atoms with Crippen LogP contribution < -0.4 is 5.73 Å². The van der Waals surface area contributed by atoms with E-state index in [1.54, 1.807) is 12.1 Å². The maximum absolute atomic E-state index is 12.1. The van der Waals surface area contributed by atoms with Crippen LogP contribution in [0.2, 0.25) is 0 Å². The minimum Gasteiger partial charge on any atom is -0.399 e. The van der Waals surface area contributed by atoms with E-state index >= 15 is 0 Å². The molecule has 0 aliphatic rings. The van der Waals surface area contributed by atoms with Crippen LogP contribution in [0.5, 0.6) is 0 Å². The van der Waals surface area contributed by atoms with Crippen molar-refractivity contribution in [2.24, 2.45) is 0 Å². The molecule has 6 heteroatoms. The first-order valence-electron chi connectivity index (χ1n) is 4.78. The Bertz CT molecular complexity index is 617. The Balaban J connectivity index is 2.28. The van der Waals surface area contributed by atoms with E-state index in [0.29, 0.717) is 10.6 Å². The first-order chi connectivity index (χ1) is 7.97. The molecule has 3 nitrogen and oxygen atoms in total. The Morgan fingerprint density at radius 3 is 2.41 bits per heavy atom. The summed E-state index contributed by atoms with van der Waals surface area (Å²) in [6, 6.07) is 8.08. The zero-order valence-electron chi connectivity index (χ0n) is 8.76. The fourth-order valence-electron chi connectivity index (χ4n) is 1.38. The number of rotatable bonds is 3. The molecule has 0 bridgehead atoms. The minimum atomic E-state index is -3.28. The summed E-state index contributed by atoms with van der Waals surface area (Å²) in [5.74, 6) is 0.0210. The standard InChI is InChI=1S/C11H10BrNO2S2/c12-8-5-10(16-6-8)7-17(14,15)11-3-1-9(13)2-4-11/h1-6H,7,13H2. The largest absolute Gasteiger partial charge is 0.399 e. The topological polar surface area (TPSA) is 60.2 Å². The minimum absolute atomic E-state index is 0.0210. The van der Waals surface area contributed by atoms with Gasteiger partial charge >= 0.3 is 0 Å². The van der Waals surface area contributed by atoms with Gasteiger partial charge in [-0.3, -0.25) is 0 Å². The monoisotopic (exact) mass is 331 g/mol. The number of nitrogen functional groups attached to an aromatic ring is 1. The summed E-state index contributed by atoms with van der Waals surface area (Å²) in [7, 11) is -3.28. The summed E-state index contributed by atoms with van der Waals surface area (Å²) < 4.78 is 25.1. The summed E-state index contributed by atoms with van der Waals surface area (Å²) in [5.41, 5.74) is 6.09. The highest BCUT2D eigenvalue weighted by Gasteiger charge is 2.16. The number of hydrogen-bond acceptors (Lipinski definition) is 4. The molecule has 1 aromatic heterocycles. The van der Waals surface area contributed by atoms with E-state index in [1.807, 2.05) is 11.4 Å². The van der Waals surface area contributed by atoms with Crippen molar-refractivity contribution in [2.75, 3.05) is 5.73 Å². The molecule has 90 valence electrons. The van der Waals surface area contributed by atoms with Crippen LogP contribution in [0.4, 0.5) is 5.69 Å². The third-order valence-electron chi connectivity index (χ3n) is 2.19. The van der Waals surface area contributed by atoms with E-state index in [0.717, 1.165) is 9.35 Å². The van der Waals surface area contributed by atoms with Gasteiger partial charge in [0, 0.05) is 20.4 Å². The van der Waals surface area contributed by atoms with Crippen molar-refractivity contribution in [2.45, 2.75) is 10.6 Å². The fourth-order valence-corrected chi connectivity index (χ4v) is 4.52. The van der Waals surface area contributed by atoms with Crippen molar-refractivity contribution in [1.29, 1.82) is 0 Å². The Labute approximate surface area is 112 Å². The van der Waals surface area contributed by atoms with E-state index in [1.165, 1.54) is 23.5 Å². The van der Waals surface area contributed by atoms with Gasteiger partial charge in [0.25, 0.3) is 0 Å². The zero-order valence-corrected chi connectivity index (χ0v) is 12.0. The molecule has 2 rings (SSSR count). The molecular weight excluding hydrogens is 322 g/mol. The summed E-state index contributed by atoms with van der Waals surface area (Å²) >= 11 is 4.73. The molecule has 17 heavy (non-hydrogen) atoms. The normalized spacial score (nSPS) is 11.6. The molecule has 0 spiro atoms. The van der Waals surface area contributed by atoms with Crippen LogP contribution in [0.15, 0.2) is 45.1 Å². The van der Waals surface area contributed by atoms with Crippen LogP contribution in [0.1, 0.15) is 4.88 Å². The Morgan fingerprint density at radius 1 is 1.24 bits per heavy atom. The predicted octanol–water partition coefficient (Wildman–Crippen LogP) is 3.07. The van der Waals surface area contributed by atoms with Crippen molar-refractivity contribution in [3.63, 3.8) is 0 Å². The van der Waals surface area contributed by atoms with Gasteiger partial charge in [0.15, 0.2) is 9.84 Å². The maximum Gasteiger partial charge on any atom is 0.183 e. The van der Waals surface area contributed by atoms with Crippen molar-refractivity contribution >= 4 is 42.8 Å². The van der Waals surface area contributed by atoms with Crippen LogP contribution >= 0.6 is 27.3 Å². The second-order valence-corrected chi connectivity index (χ2v) is 7.46. The molecule has 0 unspecified atom stereocenters. The lowest BCUT2D eigenvalue weighted by atomic mass is 10.3. The van der Waals surface area contributed by atoms with Crippen LogP contribution in [0.3, 0.4) is 0 Å². The molecule has 0 aliphatic heterocycles. The van der Waals surface area contributed by atoms with Crippen molar-refractivity contribution in [3.05, 3.63) is 45.1 Å². The van der Waals surface area contributed by atoms with Crippen molar-refractivity contribution in [1.82, 2.24) is 0 Å². The molecule has 0 saturated carbocycles. The zero-order chi connectivity index (χ0) is 12.5. The first kappa shape index (κ1) is 12.6. The summed E-state index contributed by atoms with van der Waals surface area (Å²) in [4.78, 5) is 1.12. The average molecular weight is 332 g/mol. The molecule has 1 heterocycles. The van der Waals surface area contributed by atoms with Gasteiger partial charge in [-0.25, -0.2) is 8.42 Å². The summed E-state index contributed by atoms with van der Waals surface area (Å²) in [5, 5.41) is 1.87. The number of halogens is 1. The number of thiophene rings is 1. The molecule has 0 atom stereocenters. The highest BCUT2D eigenvalue weighted by Crippen LogP contribution is 2.24. The lowest BCUT2D eigenvalue weighted by Gasteiger charge is -2.03. The average Bonchev–Trinajstić information content (AvgIpc) is 2.63.